The first-order valence-corrected chi connectivity index (χ1v) is 4.38. The summed E-state index contributed by atoms with van der Waals surface area (Å²) in [6, 6.07) is -0.718. The number of carbonyl (C=O) groups is 2. The topological polar surface area (TPSA) is 101 Å². The summed E-state index contributed by atoms with van der Waals surface area (Å²) in [4.78, 5) is 28.3. The van der Waals surface area contributed by atoms with Crippen molar-refractivity contribution in [2.45, 2.75) is 12.5 Å². The molecule has 0 spiro atoms. The second kappa shape index (κ2) is 5.30. The summed E-state index contributed by atoms with van der Waals surface area (Å²) in [5, 5.41) is 2.32. The molecule has 1 rings (SSSR count). The summed E-state index contributed by atoms with van der Waals surface area (Å²) < 4.78 is 0. The van der Waals surface area contributed by atoms with Gasteiger partial charge in [-0.1, -0.05) is 0 Å². The van der Waals surface area contributed by atoms with Crippen molar-refractivity contribution < 1.29 is 9.59 Å². The highest BCUT2D eigenvalue weighted by Gasteiger charge is 2.14. The molecule has 1 amide bonds. The van der Waals surface area contributed by atoms with Gasteiger partial charge in [-0.2, -0.15) is 0 Å². The maximum atomic E-state index is 11.3. The standard InChI is InChI=1S/C8H11BN4O2/c9-7(14)3-12-8(15)6(10)1-5-2-11-4-13-5/h2,4,6H,1,3,10H2,(H,11,13)(H,12,15)/t6-/m0/s1. The number of amides is 1. The van der Waals surface area contributed by atoms with Crippen LogP contribution in [0, 0.1) is 0 Å². The Morgan fingerprint density at radius 3 is 2.93 bits per heavy atom. The molecule has 6 nitrogen and oxygen atoms in total. The third kappa shape index (κ3) is 3.95. The van der Waals surface area contributed by atoms with E-state index in [4.69, 9.17) is 13.6 Å². The van der Waals surface area contributed by atoms with Crippen LogP contribution in [0.25, 0.3) is 0 Å². The normalized spacial score (nSPS) is 12.1. The molecule has 7 heteroatoms. The van der Waals surface area contributed by atoms with E-state index in [9.17, 15) is 9.59 Å². The Morgan fingerprint density at radius 2 is 2.40 bits per heavy atom. The van der Waals surface area contributed by atoms with Crippen LogP contribution < -0.4 is 11.1 Å². The Hall–Kier alpha value is -1.63. The van der Waals surface area contributed by atoms with Gasteiger partial charge in [-0.15, -0.1) is 0 Å². The third-order valence-corrected chi connectivity index (χ3v) is 1.77. The summed E-state index contributed by atoms with van der Waals surface area (Å²) in [7, 11) is 4.87. The molecule has 0 saturated heterocycles. The van der Waals surface area contributed by atoms with Crippen molar-refractivity contribution in [1.82, 2.24) is 15.3 Å². The maximum Gasteiger partial charge on any atom is 0.237 e. The number of nitrogens with two attached hydrogens (primary N) is 1. The van der Waals surface area contributed by atoms with Gasteiger partial charge in [-0.3, -0.25) is 4.79 Å². The fourth-order valence-corrected chi connectivity index (χ4v) is 1.03. The SMILES string of the molecule is [B]C(=O)CNC(=O)[C@@H](N)Cc1cnc[nH]1. The molecule has 0 unspecified atom stereocenters. The quantitative estimate of drug-likeness (QED) is 0.489. The molecular weight excluding hydrogens is 195 g/mol. The Morgan fingerprint density at radius 1 is 1.67 bits per heavy atom. The van der Waals surface area contributed by atoms with Gasteiger partial charge in [0.1, 0.15) is 0 Å². The molecular formula is C8H11BN4O2. The van der Waals surface area contributed by atoms with Crippen LogP contribution in [0.5, 0.6) is 0 Å². The van der Waals surface area contributed by atoms with Crippen LogP contribution in [0.15, 0.2) is 12.5 Å². The molecule has 4 N–H and O–H groups in total. The smallest absolute Gasteiger partial charge is 0.237 e. The lowest BCUT2D eigenvalue weighted by Crippen LogP contribution is -2.43. The van der Waals surface area contributed by atoms with Gasteiger partial charge in [-0.05, 0) is 0 Å². The first kappa shape index (κ1) is 11.4. The van der Waals surface area contributed by atoms with Crippen LogP contribution >= 0.6 is 0 Å². The lowest BCUT2D eigenvalue weighted by atomic mass is 10.0. The number of aromatic nitrogens is 2. The molecule has 0 aromatic carbocycles. The number of carbonyl (C=O) groups excluding carboxylic acids is 2. The number of hydrogen-bond donors (Lipinski definition) is 3. The summed E-state index contributed by atoms with van der Waals surface area (Å²) in [5.41, 5.74) is 5.74. The van der Waals surface area contributed by atoms with Crippen molar-refractivity contribution >= 4 is 19.4 Å². The monoisotopic (exact) mass is 206 g/mol. The van der Waals surface area contributed by atoms with Crippen molar-refractivity contribution in [2.24, 2.45) is 5.73 Å². The molecule has 0 aliphatic heterocycles. The first-order chi connectivity index (χ1) is 7.09. The largest absolute Gasteiger partial charge is 0.349 e. The van der Waals surface area contributed by atoms with E-state index < -0.39 is 17.6 Å². The molecule has 1 heterocycles. The third-order valence-electron chi connectivity index (χ3n) is 1.77. The van der Waals surface area contributed by atoms with Gasteiger partial charge in [-0.25, -0.2) is 4.98 Å². The van der Waals surface area contributed by atoms with Crippen molar-refractivity contribution in [3.63, 3.8) is 0 Å². The molecule has 0 aliphatic carbocycles. The minimum absolute atomic E-state index is 0.199. The summed E-state index contributed by atoms with van der Waals surface area (Å²) >= 11 is 0. The van der Waals surface area contributed by atoms with Crippen LogP contribution in [-0.2, 0) is 16.0 Å². The van der Waals surface area contributed by atoms with Crippen LogP contribution in [0.1, 0.15) is 5.69 Å². The van der Waals surface area contributed by atoms with Crippen molar-refractivity contribution in [3.05, 3.63) is 18.2 Å². The summed E-state index contributed by atoms with van der Waals surface area (Å²) in [6.45, 7) is -0.199. The Balaban J connectivity index is 2.36. The van der Waals surface area contributed by atoms with Gasteiger partial charge in [0, 0.05) is 18.3 Å². The van der Waals surface area contributed by atoms with Crippen LogP contribution in [-0.4, -0.2) is 42.0 Å². The second-order valence-electron chi connectivity index (χ2n) is 3.07. The summed E-state index contributed by atoms with van der Waals surface area (Å²) in [5.74, 6) is -0.414. The number of imidazole rings is 1. The van der Waals surface area contributed by atoms with Gasteiger partial charge in [0.05, 0.1) is 24.6 Å². The van der Waals surface area contributed by atoms with Gasteiger partial charge in [0.25, 0.3) is 0 Å². The van der Waals surface area contributed by atoms with E-state index in [2.05, 4.69) is 15.3 Å². The maximum absolute atomic E-state index is 11.3. The zero-order valence-electron chi connectivity index (χ0n) is 8.06. The van der Waals surface area contributed by atoms with Crippen LogP contribution in [0.4, 0.5) is 0 Å². The van der Waals surface area contributed by atoms with E-state index in [1.165, 1.54) is 6.33 Å². The fraction of sp³-hybridized carbons (Fsp3) is 0.375. The van der Waals surface area contributed by atoms with Gasteiger partial charge >= 0.3 is 0 Å². The van der Waals surface area contributed by atoms with E-state index in [0.29, 0.717) is 6.42 Å². The number of hydrogen-bond acceptors (Lipinski definition) is 4. The zero-order valence-corrected chi connectivity index (χ0v) is 8.06. The lowest BCUT2D eigenvalue weighted by Gasteiger charge is -2.09. The highest BCUT2D eigenvalue weighted by Crippen LogP contribution is 1.95. The average Bonchev–Trinajstić information content (AvgIpc) is 2.66. The van der Waals surface area contributed by atoms with Gasteiger partial charge in [0.2, 0.25) is 5.91 Å². The van der Waals surface area contributed by atoms with Crippen LogP contribution in [0.3, 0.4) is 0 Å². The minimum Gasteiger partial charge on any atom is -0.349 e. The zero-order chi connectivity index (χ0) is 11.3. The molecule has 1 atom stereocenters. The van der Waals surface area contributed by atoms with Crippen molar-refractivity contribution in [2.75, 3.05) is 6.54 Å². The molecule has 1 aromatic rings. The minimum atomic E-state index is -0.718. The molecule has 0 bridgehead atoms. The highest BCUT2D eigenvalue weighted by atomic mass is 16.2. The Bertz CT molecular complexity index is 338. The molecule has 2 radical (unpaired) electrons. The van der Waals surface area contributed by atoms with Crippen LogP contribution in [0.2, 0.25) is 0 Å². The predicted molar refractivity (Wildman–Crippen MR) is 54.0 cm³/mol. The molecule has 78 valence electrons. The highest BCUT2D eigenvalue weighted by molar-refractivity contribution is 6.58. The van der Waals surface area contributed by atoms with E-state index in [1.807, 2.05) is 0 Å². The predicted octanol–water partition coefficient (Wildman–Crippen LogP) is -1.91. The molecule has 15 heavy (non-hydrogen) atoms. The number of aromatic amines is 1. The number of H-pyrrole nitrogens is 1. The van der Waals surface area contributed by atoms with E-state index in [0.717, 1.165) is 5.69 Å². The second-order valence-corrected chi connectivity index (χ2v) is 3.07. The molecule has 1 aromatic heterocycles. The van der Waals surface area contributed by atoms with E-state index in [1.54, 1.807) is 6.20 Å². The van der Waals surface area contributed by atoms with Crippen molar-refractivity contribution in [3.8, 4) is 0 Å². The molecule has 0 fully saturated rings. The number of nitrogens with zero attached hydrogens (tertiary/aromatic N) is 1. The molecule has 0 aliphatic rings. The average molecular weight is 206 g/mol. The first-order valence-electron chi connectivity index (χ1n) is 4.38. The van der Waals surface area contributed by atoms with Gasteiger partial charge < -0.3 is 20.8 Å². The Kier molecular flexibility index (Phi) is 4.05. The Labute approximate surface area is 88.0 Å². The van der Waals surface area contributed by atoms with Crippen molar-refractivity contribution in [1.29, 1.82) is 0 Å². The van der Waals surface area contributed by atoms with E-state index in [-0.39, 0.29) is 6.54 Å². The summed E-state index contributed by atoms with van der Waals surface area (Å²) in [6.07, 6.45) is 3.43. The number of nitrogens with one attached hydrogen (secondary N) is 2. The number of rotatable bonds is 5. The molecule has 0 saturated carbocycles. The van der Waals surface area contributed by atoms with E-state index >= 15 is 0 Å². The fourth-order valence-electron chi connectivity index (χ4n) is 1.03. The lowest BCUT2D eigenvalue weighted by molar-refractivity contribution is -0.124. The van der Waals surface area contributed by atoms with Gasteiger partial charge in [0.15, 0.2) is 7.85 Å².